The molecule has 104 valence electrons. The van der Waals surface area contributed by atoms with E-state index in [9.17, 15) is 4.79 Å². The van der Waals surface area contributed by atoms with Gasteiger partial charge in [0.2, 0.25) is 0 Å². The molecule has 0 aliphatic rings. The van der Waals surface area contributed by atoms with Crippen molar-refractivity contribution in [3.63, 3.8) is 0 Å². The number of para-hydroxylation sites is 2. The highest BCUT2D eigenvalue weighted by molar-refractivity contribution is 9.10. The lowest BCUT2D eigenvalue weighted by Crippen LogP contribution is -2.09. The summed E-state index contributed by atoms with van der Waals surface area (Å²) in [5.74, 6) is -0.416. The third-order valence-electron chi connectivity index (χ3n) is 2.74. The SMILES string of the molecule is CCOC(=O)c1cccc(Nc2ccccc2Br)c1N. The number of rotatable bonds is 4. The first kappa shape index (κ1) is 14.4. The fourth-order valence-corrected chi connectivity index (χ4v) is 2.15. The van der Waals surface area contributed by atoms with Gasteiger partial charge >= 0.3 is 5.97 Å². The van der Waals surface area contributed by atoms with Crippen LogP contribution in [0.2, 0.25) is 0 Å². The molecule has 0 spiro atoms. The summed E-state index contributed by atoms with van der Waals surface area (Å²) in [6.45, 7) is 2.08. The number of nitrogens with one attached hydrogen (secondary N) is 1. The van der Waals surface area contributed by atoms with Gasteiger partial charge in [0.1, 0.15) is 0 Å². The number of carbonyl (C=O) groups is 1. The predicted molar refractivity (Wildman–Crippen MR) is 84.2 cm³/mol. The van der Waals surface area contributed by atoms with Crippen LogP contribution in [0.1, 0.15) is 17.3 Å². The second-order valence-corrected chi connectivity index (χ2v) is 4.95. The minimum absolute atomic E-state index is 0.320. The second-order valence-electron chi connectivity index (χ2n) is 4.09. The topological polar surface area (TPSA) is 64.3 Å². The largest absolute Gasteiger partial charge is 0.462 e. The Hall–Kier alpha value is -2.01. The van der Waals surface area contributed by atoms with Crippen LogP contribution in [-0.2, 0) is 4.74 Å². The van der Waals surface area contributed by atoms with Crippen LogP contribution >= 0.6 is 15.9 Å². The maximum Gasteiger partial charge on any atom is 0.340 e. The summed E-state index contributed by atoms with van der Waals surface area (Å²) in [6, 6.07) is 12.9. The van der Waals surface area contributed by atoms with Gasteiger partial charge in [-0.25, -0.2) is 4.79 Å². The van der Waals surface area contributed by atoms with E-state index in [-0.39, 0.29) is 0 Å². The molecule has 0 aromatic heterocycles. The van der Waals surface area contributed by atoms with E-state index in [4.69, 9.17) is 10.5 Å². The van der Waals surface area contributed by atoms with E-state index in [2.05, 4.69) is 21.2 Å². The quantitative estimate of drug-likeness (QED) is 0.656. The standard InChI is InChI=1S/C15H15BrN2O2/c1-2-20-15(19)10-6-5-9-13(14(10)17)18-12-8-4-3-7-11(12)16/h3-9,18H,2,17H2,1H3. The number of carbonyl (C=O) groups excluding carboxylic acids is 1. The average molecular weight is 335 g/mol. The Balaban J connectivity index is 2.32. The molecule has 5 heteroatoms. The fourth-order valence-electron chi connectivity index (χ4n) is 1.77. The third kappa shape index (κ3) is 3.11. The molecule has 0 unspecified atom stereocenters. The van der Waals surface area contributed by atoms with Crippen LogP contribution in [0.15, 0.2) is 46.9 Å². The molecule has 2 rings (SSSR count). The van der Waals surface area contributed by atoms with E-state index in [1.54, 1.807) is 19.1 Å². The van der Waals surface area contributed by atoms with Crippen molar-refractivity contribution in [1.29, 1.82) is 0 Å². The van der Waals surface area contributed by atoms with Gasteiger partial charge in [-0.15, -0.1) is 0 Å². The summed E-state index contributed by atoms with van der Waals surface area (Å²) < 4.78 is 5.90. The smallest absolute Gasteiger partial charge is 0.340 e. The van der Waals surface area contributed by atoms with Crippen molar-refractivity contribution in [1.82, 2.24) is 0 Å². The Kier molecular flexibility index (Phi) is 4.63. The van der Waals surface area contributed by atoms with Gasteiger partial charge in [0.15, 0.2) is 0 Å². The zero-order chi connectivity index (χ0) is 14.5. The number of esters is 1. The lowest BCUT2D eigenvalue weighted by atomic mass is 10.1. The number of benzene rings is 2. The highest BCUT2D eigenvalue weighted by atomic mass is 79.9. The summed E-state index contributed by atoms with van der Waals surface area (Å²) in [5, 5.41) is 3.20. The van der Waals surface area contributed by atoms with Gasteiger partial charge in [-0.1, -0.05) is 18.2 Å². The number of nitrogens with two attached hydrogens (primary N) is 1. The molecule has 0 aliphatic heterocycles. The van der Waals surface area contributed by atoms with Gasteiger partial charge in [-0.05, 0) is 47.1 Å². The van der Waals surface area contributed by atoms with Crippen LogP contribution in [0.4, 0.5) is 17.1 Å². The first-order valence-electron chi connectivity index (χ1n) is 6.20. The Morgan fingerprint density at radius 3 is 2.60 bits per heavy atom. The van der Waals surface area contributed by atoms with Gasteiger partial charge in [0.05, 0.1) is 29.2 Å². The Morgan fingerprint density at radius 2 is 1.90 bits per heavy atom. The third-order valence-corrected chi connectivity index (χ3v) is 3.44. The van der Waals surface area contributed by atoms with Crippen molar-refractivity contribution in [3.05, 3.63) is 52.5 Å². The average Bonchev–Trinajstić information content (AvgIpc) is 2.43. The van der Waals surface area contributed by atoms with Gasteiger partial charge in [0.25, 0.3) is 0 Å². The van der Waals surface area contributed by atoms with E-state index in [1.165, 1.54) is 0 Å². The minimum Gasteiger partial charge on any atom is -0.462 e. The van der Waals surface area contributed by atoms with Gasteiger partial charge in [-0.2, -0.15) is 0 Å². The zero-order valence-corrected chi connectivity index (χ0v) is 12.6. The van der Waals surface area contributed by atoms with Crippen LogP contribution in [0, 0.1) is 0 Å². The second kappa shape index (κ2) is 6.43. The molecule has 4 nitrogen and oxygen atoms in total. The number of hydrogen-bond acceptors (Lipinski definition) is 4. The number of hydrogen-bond donors (Lipinski definition) is 2. The van der Waals surface area contributed by atoms with Crippen LogP contribution in [0.5, 0.6) is 0 Å². The molecule has 0 saturated heterocycles. The summed E-state index contributed by atoms with van der Waals surface area (Å²) in [7, 11) is 0. The first-order valence-corrected chi connectivity index (χ1v) is 7.00. The predicted octanol–water partition coefficient (Wildman–Crippen LogP) is 3.95. The first-order chi connectivity index (χ1) is 9.63. The monoisotopic (exact) mass is 334 g/mol. The molecule has 2 aromatic rings. The molecular weight excluding hydrogens is 320 g/mol. The van der Waals surface area contributed by atoms with Crippen LogP contribution < -0.4 is 11.1 Å². The highest BCUT2D eigenvalue weighted by Crippen LogP contribution is 2.30. The van der Waals surface area contributed by atoms with E-state index in [1.807, 2.05) is 30.3 Å². The molecule has 0 atom stereocenters. The number of nitrogen functional groups attached to an aromatic ring is 1. The maximum atomic E-state index is 11.8. The lowest BCUT2D eigenvalue weighted by molar-refractivity contribution is 0.0527. The number of anilines is 3. The molecular formula is C15H15BrN2O2. The fraction of sp³-hybridized carbons (Fsp3) is 0.133. The van der Waals surface area contributed by atoms with Crippen LogP contribution in [0.3, 0.4) is 0 Å². The van der Waals surface area contributed by atoms with Gasteiger partial charge in [-0.3, -0.25) is 0 Å². The van der Waals surface area contributed by atoms with Crippen molar-refractivity contribution in [3.8, 4) is 0 Å². The number of ether oxygens (including phenoxy) is 1. The maximum absolute atomic E-state index is 11.8. The Morgan fingerprint density at radius 1 is 1.20 bits per heavy atom. The Bertz CT molecular complexity index is 629. The molecule has 3 N–H and O–H groups in total. The van der Waals surface area contributed by atoms with E-state index in [0.29, 0.717) is 23.5 Å². The van der Waals surface area contributed by atoms with Gasteiger partial charge in [0, 0.05) is 4.47 Å². The molecule has 0 bridgehead atoms. The zero-order valence-electron chi connectivity index (χ0n) is 11.0. The normalized spacial score (nSPS) is 10.1. The van der Waals surface area contributed by atoms with E-state index >= 15 is 0 Å². The molecule has 20 heavy (non-hydrogen) atoms. The van der Waals surface area contributed by atoms with E-state index in [0.717, 1.165) is 10.2 Å². The molecule has 2 aromatic carbocycles. The molecule has 0 saturated carbocycles. The van der Waals surface area contributed by atoms with Crippen molar-refractivity contribution in [2.75, 3.05) is 17.7 Å². The lowest BCUT2D eigenvalue weighted by Gasteiger charge is -2.13. The molecule has 0 amide bonds. The summed E-state index contributed by atoms with van der Waals surface area (Å²) >= 11 is 3.46. The van der Waals surface area contributed by atoms with Crippen molar-refractivity contribution >= 4 is 39.0 Å². The summed E-state index contributed by atoms with van der Waals surface area (Å²) in [6.07, 6.45) is 0. The molecule has 0 heterocycles. The molecule has 0 fully saturated rings. The van der Waals surface area contributed by atoms with Crippen molar-refractivity contribution in [2.45, 2.75) is 6.92 Å². The highest BCUT2D eigenvalue weighted by Gasteiger charge is 2.13. The molecule has 0 radical (unpaired) electrons. The minimum atomic E-state index is -0.416. The van der Waals surface area contributed by atoms with Crippen molar-refractivity contribution < 1.29 is 9.53 Å². The van der Waals surface area contributed by atoms with Crippen LogP contribution in [0.25, 0.3) is 0 Å². The Labute approximate surface area is 126 Å². The van der Waals surface area contributed by atoms with Crippen LogP contribution in [-0.4, -0.2) is 12.6 Å². The number of halogens is 1. The van der Waals surface area contributed by atoms with E-state index < -0.39 is 5.97 Å². The van der Waals surface area contributed by atoms with Gasteiger partial charge < -0.3 is 15.8 Å². The summed E-state index contributed by atoms with van der Waals surface area (Å²) in [5.41, 5.74) is 8.32. The molecule has 0 aliphatic carbocycles. The summed E-state index contributed by atoms with van der Waals surface area (Å²) in [4.78, 5) is 11.8. The van der Waals surface area contributed by atoms with Crippen molar-refractivity contribution in [2.24, 2.45) is 0 Å².